The van der Waals surface area contributed by atoms with Crippen molar-refractivity contribution in [3.8, 4) is 0 Å². The van der Waals surface area contributed by atoms with Crippen molar-refractivity contribution in [1.29, 1.82) is 0 Å². The molecule has 6 heteroatoms. The van der Waals surface area contributed by atoms with Gasteiger partial charge in [0, 0.05) is 69.4 Å². The number of amides is 1. The summed E-state index contributed by atoms with van der Waals surface area (Å²) in [5.41, 5.74) is 1.42. The number of hydrogen-bond acceptors (Lipinski definition) is 5. The number of hydrogen-bond donors (Lipinski definition) is 0. The second-order valence-corrected chi connectivity index (χ2v) is 8.26. The summed E-state index contributed by atoms with van der Waals surface area (Å²) in [5, 5.41) is 0. The summed E-state index contributed by atoms with van der Waals surface area (Å²) in [7, 11) is 1.72. The molecule has 0 radical (unpaired) electrons. The average Bonchev–Trinajstić information content (AvgIpc) is 3.51. The van der Waals surface area contributed by atoms with Crippen LogP contribution < -0.4 is 4.90 Å². The molecule has 2 aliphatic heterocycles. The zero-order valence-electron chi connectivity index (χ0n) is 15.8. The maximum absolute atomic E-state index is 12.3. The largest absolute Gasteiger partial charge is 0.385 e. The molecule has 1 aromatic rings. The minimum Gasteiger partial charge on any atom is -0.385 e. The Labute approximate surface area is 155 Å². The van der Waals surface area contributed by atoms with E-state index in [1.165, 1.54) is 31.4 Å². The van der Waals surface area contributed by atoms with E-state index in [2.05, 4.69) is 25.8 Å². The van der Waals surface area contributed by atoms with Gasteiger partial charge in [-0.3, -0.25) is 4.79 Å². The molecule has 3 fully saturated rings. The Kier molecular flexibility index (Phi) is 5.11. The molecule has 0 aromatic carbocycles. The lowest BCUT2D eigenvalue weighted by molar-refractivity contribution is -0.138. The summed E-state index contributed by atoms with van der Waals surface area (Å²) >= 11 is 0. The van der Waals surface area contributed by atoms with Crippen LogP contribution in [0, 0.1) is 5.41 Å². The molecule has 3 aliphatic rings. The fourth-order valence-corrected chi connectivity index (χ4v) is 4.58. The van der Waals surface area contributed by atoms with Crippen molar-refractivity contribution in [3.63, 3.8) is 0 Å². The standard InChI is InChI=1S/C20H30N4O2/c1-26-11-3-10-24-14-20(8-6-19(24)25)7-2-9-23(13-20)18-12-17(16-4-5-16)21-15-22-18/h12,15-16H,2-11,13-14H2,1H3/t20-/m0/s1. The second-order valence-electron chi connectivity index (χ2n) is 8.26. The molecule has 1 amide bonds. The third-order valence-corrected chi connectivity index (χ3v) is 6.18. The maximum atomic E-state index is 12.3. The highest BCUT2D eigenvalue weighted by molar-refractivity contribution is 5.77. The van der Waals surface area contributed by atoms with Gasteiger partial charge in [0.1, 0.15) is 12.1 Å². The zero-order chi connectivity index (χ0) is 18.0. The highest BCUT2D eigenvalue weighted by Gasteiger charge is 2.42. The normalized spacial score (nSPS) is 26.6. The van der Waals surface area contributed by atoms with Crippen LogP contribution in [0.3, 0.4) is 0 Å². The van der Waals surface area contributed by atoms with Gasteiger partial charge in [-0.25, -0.2) is 9.97 Å². The third kappa shape index (κ3) is 3.85. The van der Waals surface area contributed by atoms with Crippen LogP contribution in [0.4, 0.5) is 5.82 Å². The van der Waals surface area contributed by atoms with E-state index >= 15 is 0 Å². The number of nitrogens with zero attached hydrogens (tertiary/aromatic N) is 4. The summed E-state index contributed by atoms with van der Waals surface area (Å²) in [4.78, 5) is 25.9. The molecule has 0 unspecified atom stereocenters. The fraction of sp³-hybridized carbons (Fsp3) is 0.750. The Morgan fingerprint density at radius 3 is 2.96 bits per heavy atom. The van der Waals surface area contributed by atoms with Crippen molar-refractivity contribution in [2.45, 2.75) is 50.9 Å². The number of carbonyl (C=O) groups is 1. The van der Waals surface area contributed by atoms with Crippen molar-refractivity contribution in [3.05, 3.63) is 18.1 Å². The van der Waals surface area contributed by atoms with Gasteiger partial charge >= 0.3 is 0 Å². The van der Waals surface area contributed by atoms with E-state index in [1.807, 2.05) is 0 Å². The van der Waals surface area contributed by atoms with E-state index in [0.717, 1.165) is 44.8 Å². The highest BCUT2D eigenvalue weighted by atomic mass is 16.5. The van der Waals surface area contributed by atoms with E-state index in [4.69, 9.17) is 4.74 Å². The molecule has 0 bridgehead atoms. The van der Waals surface area contributed by atoms with E-state index < -0.39 is 0 Å². The Balaban J connectivity index is 1.45. The van der Waals surface area contributed by atoms with E-state index in [1.54, 1.807) is 13.4 Å². The molecule has 1 spiro atoms. The molecule has 6 nitrogen and oxygen atoms in total. The lowest BCUT2D eigenvalue weighted by Gasteiger charge is -2.48. The van der Waals surface area contributed by atoms with Gasteiger partial charge in [0.05, 0.1) is 0 Å². The first kappa shape index (κ1) is 17.7. The number of carbonyl (C=O) groups excluding carboxylic acids is 1. The Morgan fingerprint density at radius 2 is 2.15 bits per heavy atom. The number of rotatable bonds is 6. The molecule has 0 N–H and O–H groups in total. The summed E-state index contributed by atoms with van der Waals surface area (Å²) < 4.78 is 5.16. The van der Waals surface area contributed by atoms with Crippen LogP contribution in [0.25, 0.3) is 0 Å². The van der Waals surface area contributed by atoms with Gasteiger partial charge in [0.25, 0.3) is 0 Å². The van der Waals surface area contributed by atoms with E-state index in [0.29, 0.717) is 24.9 Å². The second kappa shape index (κ2) is 7.51. The monoisotopic (exact) mass is 358 g/mol. The predicted molar refractivity (Wildman–Crippen MR) is 100 cm³/mol. The highest BCUT2D eigenvalue weighted by Crippen LogP contribution is 2.42. The SMILES string of the molecule is COCCCN1C[C@@]2(CCCN(c3cc(C4CC4)ncn3)C2)CCC1=O. The summed E-state index contributed by atoms with van der Waals surface area (Å²) in [5.74, 6) is 2.03. The minimum atomic E-state index is 0.212. The minimum absolute atomic E-state index is 0.212. The molecule has 142 valence electrons. The van der Waals surface area contributed by atoms with Crippen LogP contribution in [0.15, 0.2) is 12.4 Å². The molecule has 1 aliphatic carbocycles. The molecule has 3 heterocycles. The van der Waals surface area contributed by atoms with Crippen LogP contribution in [0.1, 0.15) is 56.6 Å². The first-order chi connectivity index (χ1) is 12.7. The van der Waals surface area contributed by atoms with Crippen molar-refractivity contribution in [2.24, 2.45) is 5.41 Å². The van der Waals surface area contributed by atoms with Gasteiger partial charge in [-0.15, -0.1) is 0 Å². The molecule has 4 rings (SSSR count). The Morgan fingerprint density at radius 1 is 1.27 bits per heavy atom. The first-order valence-corrected chi connectivity index (χ1v) is 10.0. The van der Waals surface area contributed by atoms with Crippen molar-refractivity contribution < 1.29 is 9.53 Å². The third-order valence-electron chi connectivity index (χ3n) is 6.18. The number of anilines is 1. The summed E-state index contributed by atoms with van der Waals surface area (Å²) in [6, 6.07) is 2.20. The predicted octanol–water partition coefficient (Wildman–Crippen LogP) is 2.60. The van der Waals surface area contributed by atoms with Crippen molar-refractivity contribution in [1.82, 2.24) is 14.9 Å². The lowest BCUT2D eigenvalue weighted by atomic mass is 9.73. The van der Waals surface area contributed by atoms with Crippen LogP contribution in [0.5, 0.6) is 0 Å². The number of piperidine rings is 2. The number of methoxy groups -OCH3 is 1. The maximum Gasteiger partial charge on any atom is 0.222 e. The van der Waals surface area contributed by atoms with Gasteiger partial charge in [-0.1, -0.05) is 0 Å². The quantitative estimate of drug-likeness (QED) is 0.732. The fourth-order valence-electron chi connectivity index (χ4n) is 4.58. The molecule has 1 saturated carbocycles. The van der Waals surface area contributed by atoms with Gasteiger partial charge in [0.15, 0.2) is 0 Å². The molecule has 26 heavy (non-hydrogen) atoms. The summed E-state index contributed by atoms with van der Waals surface area (Å²) in [6.07, 6.45) is 9.23. The summed E-state index contributed by atoms with van der Waals surface area (Å²) in [6.45, 7) is 4.47. The lowest BCUT2D eigenvalue weighted by Crippen LogP contribution is -2.54. The van der Waals surface area contributed by atoms with Gasteiger partial charge in [-0.2, -0.15) is 0 Å². The number of likely N-dealkylation sites (tertiary alicyclic amines) is 1. The van der Waals surface area contributed by atoms with Crippen LogP contribution in [-0.4, -0.2) is 60.7 Å². The molecule has 2 saturated heterocycles. The molecule has 1 atom stereocenters. The van der Waals surface area contributed by atoms with Crippen molar-refractivity contribution >= 4 is 11.7 Å². The van der Waals surface area contributed by atoms with Crippen LogP contribution in [-0.2, 0) is 9.53 Å². The first-order valence-electron chi connectivity index (χ1n) is 10.0. The zero-order valence-corrected chi connectivity index (χ0v) is 15.8. The molecule has 1 aromatic heterocycles. The van der Waals surface area contributed by atoms with Crippen molar-refractivity contribution in [2.75, 3.05) is 44.8 Å². The smallest absolute Gasteiger partial charge is 0.222 e. The van der Waals surface area contributed by atoms with Gasteiger partial charge in [0.2, 0.25) is 5.91 Å². The van der Waals surface area contributed by atoms with Crippen LogP contribution in [0.2, 0.25) is 0 Å². The average molecular weight is 358 g/mol. The Hall–Kier alpha value is -1.69. The van der Waals surface area contributed by atoms with Crippen LogP contribution >= 0.6 is 0 Å². The van der Waals surface area contributed by atoms with Gasteiger partial charge < -0.3 is 14.5 Å². The number of aromatic nitrogens is 2. The van der Waals surface area contributed by atoms with E-state index in [9.17, 15) is 4.79 Å². The van der Waals surface area contributed by atoms with E-state index in [-0.39, 0.29) is 5.41 Å². The topological polar surface area (TPSA) is 58.6 Å². The number of ether oxygens (including phenoxy) is 1. The Bertz CT molecular complexity index is 648. The van der Waals surface area contributed by atoms with Gasteiger partial charge in [-0.05, 0) is 38.5 Å². The molecular formula is C20H30N4O2. The molecular weight excluding hydrogens is 328 g/mol.